The van der Waals surface area contributed by atoms with Gasteiger partial charge in [-0.3, -0.25) is 0 Å². The maximum Gasteiger partial charge on any atom is 0.414 e. The largest absolute Gasteiger partial charge is 0.473 e. The Labute approximate surface area is 140 Å². The summed E-state index contributed by atoms with van der Waals surface area (Å²) in [5.41, 5.74) is 0. The number of carboxylic acids is 6. The number of rotatable bonds is 0. The molecule has 0 saturated carbocycles. The van der Waals surface area contributed by atoms with Gasteiger partial charge in [0.25, 0.3) is 0 Å². The molecule has 12 nitrogen and oxygen atoms in total. The van der Waals surface area contributed by atoms with Crippen LogP contribution < -0.4 is 0 Å². The van der Waals surface area contributed by atoms with Gasteiger partial charge >= 0.3 is 35.8 Å². The zero-order valence-electron chi connectivity index (χ0n) is 9.03. The summed E-state index contributed by atoms with van der Waals surface area (Å²) < 4.78 is 0. The van der Waals surface area contributed by atoms with Crippen LogP contribution in [0.15, 0.2) is 0 Å². The predicted octanol–water partition coefficient (Wildman–Crippen LogP) is -2.54. The minimum atomic E-state index is -1.82. The fraction of sp³-hybridized carbons (Fsp3) is 0. The first-order valence-electron chi connectivity index (χ1n) is 3.32. The number of aliphatic carboxylic acids is 6. The third-order valence-corrected chi connectivity index (χ3v) is 0.549. The maximum atomic E-state index is 9.10. The van der Waals surface area contributed by atoms with E-state index in [1.165, 1.54) is 0 Å². The molecule has 0 aliphatic heterocycles. The SMILES string of the molecule is O=C(O)C(=O)O.O=C(O)C(=O)O.O=C(O)C(=O)O.[Nb].[Nb]. The summed E-state index contributed by atoms with van der Waals surface area (Å²) in [5.74, 6) is -10.9. The van der Waals surface area contributed by atoms with Gasteiger partial charge in [-0.2, -0.15) is 0 Å². The molecule has 6 N–H and O–H groups in total. The predicted molar refractivity (Wildman–Crippen MR) is 45.8 cm³/mol. The molecule has 0 unspecified atom stereocenters. The summed E-state index contributed by atoms with van der Waals surface area (Å²) in [5, 5.41) is 44.3. The van der Waals surface area contributed by atoms with Gasteiger partial charge in [0.2, 0.25) is 0 Å². The van der Waals surface area contributed by atoms with Crippen LogP contribution in [-0.2, 0) is 73.5 Å². The summed E-state index contributed by atoms with van der Waals surface area (Å²) >= 11 is 0. The van der Waals surface area contributed by atoms with Crippen molar-refractivity contribution < 1.29 is 104 Å². The fourth-order valence-corrected chi connectivity index (χ4v) is 0. The van der Waals surface area contributed by atoms with Crippen molar-refractivity contribution in [1.29, 1.82) is 0 Å². The molecule has 0 fully saturated rings. The number of carboxylic acid groups (broad SMARTS) is 6. The molecule has 0 atom stereocenters. The van der Waals surface area contributed by atoms with Crippen LogP contribution in [-0.4, -0.2) is 66.5 Å². The van der Waals surface area contributed by atoms with E-state index >= 15 is 0 Å². The molecular weight excluding hydrogens is 450 g/mol. The zero-order chi connectivity index (χ0) is 15.5. The summed E-state index contributed by atoms with van der Waals surface area (Å²) in [6.45, 7) is 0. The van der Waals surface area contributed by atoms with E-state index in [2.05, 4.69) is 0 Å². The molecule has 0 rings (SSSR count). The third-order valence-electron chi connectivity index (χ3n) is 0.549. The van der Waals surface area contributed by atoms with E-state index in [4.69, 9.17) is 59.4 Å². The maximum absolute atomic E-state index is 9.10. The molecule has 0 amide bonds. The van der Waals surface area contributed by atoms with Gasteiger partial charge in [0.1, 0.15) is 0 Å². The molecule has 14 heteroatoms. The van der Waals surface area contributed by atoms with Crippen molar-refractivity contribution in [1.82, 2.24) is 0 Å². The summed E-state index contributed by atoms with van der Waals surface area (Å²) in [6, 6.07) is 0. The van der Waals surface area contributed by atoms with Crippen molar-refractivity contribution in [2.75, 3.05) is 0 Å². The van der Waals surface area contributed by atoms with Crippen molar-refractivity contribution in [3.05, 3.63) is 0 Å². The van der Waals surface area contributed by atoms with Gasteiger partial charge < -0.3 is 30.6 Å². The van der Waals surface area contributed by atoms with Crippen molar-refractivity contribution in [3.63, 3.8) is 0 Å². The minimum Gasteiger partial charge on any atom is -0.473 e. The van der Waals surface area contributed by atoms with Gasteiger partial charge in [-0.05, 0) is 0 Å². The molecule has 112 valence electrons. The zero-order valence-corrected chi connectivity index (χ0v) is 13.4. The third kappa shape index (κ3) is 36.0. The first kappa shape index (κ1) is 31.0. The van der Waals surface area contributed by atoms with Crippen LogP contribution in [0.2, 0.25) is 0 Å². The van der Waals surface area contributed by atoms with E-state index in [1.54, 1.807) is 0 Å². The molecule has 0 heterocycles. The molecule has 0 aliphatic rings. The van der Waals surface area contributed by atoms with Crippen LogP contribution in [0, 0.1) is 0 Å². The molecule has 0 aromatic heterocycles. The summed E-state index contributed by atoms with van der Waals surface area (Å²) in [7, 11) is 0. The fourth-order valence-electron chi connectivity index (χ4n) is 0. The van der Waals surface area contributed by atoms with E-state index in [1.807, 2.05) is 0 Å². The monoisotopic (exact) mass is 456 g/mol. The Balaban J connectivity index is -0.0000000536. The molecule has 20 heavy (non-hydrogen) atoms. The van der Waals surface area contributed by atoms with Gasteiger partial charge in [-0.1, -0.05) is 0 Å². The Morgan fingerprint density at radius 3 is 0.400 bits per heavy atom. The average molecular weight is 456 g/mol. The van der Waals surface area contributed by atoms with E-state index < -0.39 is 35.8 Å². The van der Waals surface area contributed by atoms with Gasteiger partial charge in [-0.15, -0.1) is 0 Å². The minimum absolute atomic E-state index is 0. The van der Waals surface area contributed by atoms with Gasteiger partial charge in [-0.25, -0.2) is 28.8 Å². The molecule has 0 aliphatic carbocycles. The van der Waals surface area contributed by atoms with Crippen LogP contribution in [0.5, 0.6) is 0 Å². The molecule has 0 spiro atoms. The van der Waals surface area contributed by atoms with Crippen LogP contribution in [0.25, 0.3) is 0 Å². The molecule has 0 aromatic rings. The molecule has 0 bridgehead atoms. The topological polar surface area (TPSA) is 224 Å². The Morgan fingerprint density at radius 1 is 0.350 bits per heavy atom. The number of hydrogen-bond donors (Lipinski definition) is 6. The average Bonchev–Trinajstić information content (AvgIpc) is 2.18. The van der Waals surface area contributed by atoms with Crippen LogP contribution in [0.3, 0.4) is 0 Å². The molecule has 0 saturated heterocycles. The Bertz CT molecular complexity index is 281. The van der Waals surface area contributed by atoms with Gasteiger partial charge in [0.05, 0.1) is 0 Å². The Morgan fingerprint density at radius 2 is 0.400 bits per heavy atom. The summed E-state index contributed by atoms with van der Waals surface area (Å²) in [6.07, 6.45) is 0. The first-order chi connectivity index (χ1) is 7.93. The molecular formula is C6H6Nb2O12. The Kier molecular flexibility index (Phi) is 26.8. The Hall–Kier alpha value is -1.70. The normalized spacial score (nSPS) is 6.60. The number of hydrogen-bond acceptors (Lipinski definition) is 6. The van der Waals surface area contributed by atoms with E-state index in [-0.39, 0.29) is 44.8 Å². The van der Waals surface area contributed by atoms with E-state index in [9.17, 15) is 0 Å². The number of carbonyl (C=O) groups is 6. The van der Waals surface area contributed by atoms with Crippen molar-refractivity contribution in [2.45, 2.75) is 0 Å². The second-order valence-corrected chi connectivity index (χ2v) is 1.83. The van der Waals surface area contributed by atoms with E-state index in [0.717, 1.165) is 0 Å². The van der Waals surface area contributed by atoms with Crippen molar-refractivity contribution in [3.8, 4) is 0 Å². The van der Waals surface area contributed by atoms with Crippen LogP contribution >= 0.6 is 0 Å². The second kappa shape index (κ2) is 17.3. The van der Waals surface area contributed by atoms with Gasteiger partial charge in [0, 0.05) is 44.8 Å². The first-order valence-corrected chi connectivity index (χ1v) is 3.32. The quantitative estimate of drug-likeness (QED) is 0.164. The van der Waals surface area contributed by atoms with Crippen LogP contribution in [0.1, 0.15) is 0 Å². The van der Waals surface area contributed by atoms with Gasteiger partial charge in [0.15, 0.2) is 0 Å². The molecule has 2 radical (unpaired) electrons. The summed E-state index contributed by atoms with van der Waals surface area (Å²) in [4.78, 5) is 54.6. The van der Waals surface area contributed by atoms with E-state index in [0.29, 0.717) is 0 Å². The van der Waals surface area contributed by atoms with Crippen molar-refractivity contribution in [2.24, 2.45) is 0 Å². The van der Waals surface area contributed by atoms with Crippen molar-refractivity contribution >= 4 is 35.8 Å². The second-order valence-electron chi connectivity index (χ2n) is 1.83. The smallest absolute Gasteiger partial charge is 0.414 e. The molecule has 0 aromatic carbocycles. The van der Waals surface area contributed by atoms with Crippen LogP contribution in [0.4, 0.5) is 0 Å². The standard InChI is InChI=1S/3C2H2O4.2Nb/c3*3-1(4)2(5)6;;/h3*(H,3,4)(H,5,6);;.